The number of carbonyl (C=O) groups is 1. The Bertz CT molecular complexity index is 1580. The second kappa shape index (κ2) is 10.1. The zero-order valence-electron chi connectivity index (χ0n) is 19.6. The number of aromatic nitrogens is 1. The number of rotatable bonds is 8. The van der Waals surface area contributed by atoms with Gasteiger partial charge in [0.1, 0.15) is 17.0 Å². The molecule has 1 amide bonds. The number of anilines is 1. The minimum atomic E-state index is -4.07. The molecule has 0 radical (unpaired) electrons. The Hall–Kier alpha value is -4.38. The van der Waals surface area contributed by atoms with Crippen molar-refractivity contribution in [1.82, 2.24) is 4.98 Å². The molecule has 0 aliphatic carbocycles. The molecular weight excluding hydrogens is 488 g/mol. The molecule has 11 heteroatoms. The van der Waals surface area contributed by atoms with Crippen molar-refractivity contribution in [2.45, 2.75) is 0 Å². The van der Waals surface area contributed by atoms with E-state index >= 15 is 0 Å². The Morgan fingerprint density at radius 2 is 1.75 bits per heavy atom. The molecule has 36 heavy (non-hydrogen) atoms. The average molecular weight is 511 g/mol. The molecule has 0 saturated carbocycles. The number of ether oxygens (including phenoxy) is 3. The molecule has 0 spiro atoms. The lowest BCUT2D eigenvalue weighted by Gasteiger charge is -2.22. The van der Waals surface area contributed by atoms with Crippen molar-refractivity contribution in [3.63, 3.8) is 0 Å². The van der Waals surface area contributed by atoms with E-state index in [0.29, 0.717) is 15.3 Å². The van der Waals surface area contributed by atoms with Crippen LogP contribution in [0.25, 0.3) is 22.1 Å². The standard InChI is InChI=1S/C25H22N2O8S/c1-32-22-12-11-20(25(26-22)33-2)27(36(3,30)31)23(28)15-34-17-9-10-18-19(16-7-5-4-6-8-16)14-24(29)35-21(18)13-17/h4-14H,15H2,1-3H3. The monoisotopic (exact) mass is 510 g/mol. The Kier molecular flexibility index (Phi) is 6.93. The topological polar surface area (TPSA) is 125 Å². The maximum absolute atomic E-state index is 13.0. The summed E-state index contributed by atoms with van der Waals surface area (Å²) in [7, 11) is -1.38. The van der Waals surface area contributed by atoms with Crippen molar-refractivity contribution in [1.29, 1.82) is 0 Å². The largest absolute Gasteiger partial charge is 0.484 e. The van der Waals surface area contributed by atoms with Crippen LogP contribution in [0.4, 0.5) is 5.69 Å². The van der Waals surface area contributed by atoms with E-state index in [-0.39, 0.29) is 28.8 Å². The fourth-order valence-corrected chi connectivity index (χ4v) is 4.54. The van der Waals surface area contributed by atoms with Gasteiger partial charge in [-0.05, 0) is 29.3 Å². The molecule has 4 aromatic rings. The minimum Gasteiger partial charge on any atom is -0.484 e. The molecule has 0 unspecified atom stereocenters. The molecule has 0 saturated heterocycles. The first kappa shape index (κ1) is 24.7. The minimum absolute atomic E-state index is 0.0913. The van der Waals surface area contributed by atoms with E-state index in [0.717, 1.165) is 11.8 Å². The van der Waals surface area contributed by atoms with Crippen LogP contribution in [0.3, 0.4) is 0 Å². The number of amides is 1. The number of methoxy groups -OCH3 is 2. The SMILES string of the molecule is COc1ccc(N(C(=O)COc2ccc3c(-c4ccccc4)cc(=O)oc3c2)S(C)(=O)=O)c(OC)n1. The van der Waals surface area contributed by atoms with Crippen LogP contribution in [-0.2, 0) is 14.8 Å². The summed E-state index contributed by atoms with van der Waals surface area (Å²) in [6.07, 6.45) is 0.879. The third kappa shape index (κ3) is 5.15. The lowest BCUT2D eigenvalue weighted by Crippen LogP contribution is -2.39. The maximum atomic E-state index is 13.0. The second-order valence-electron chi connectivity index (χ2n) is 7.59. The quantitative estimate of drug-likeness (QED) is 0.328. The third-order valence-corrected chi connectivity index (χ3v) is 6.22. The van der Waals surface area contributed by atoms with Crippen molar-refractivity contribution in [3.05, 3.63) is 77.2 Å². The number of sulfonamides is 1. The van der Waals surface area contributed by atoms with Crippen molar-refractivity contribution in [2.24, 2.45) is 0 Å². The summed E-state index contributed by atoms with van der Waals surface area (Å²) in [6.45, 7) is -0.629. The summed E-state index contributed by atoms with van der Waals surface area (Å²) in [6, 6.07) is 18.3. The fraction of sp³-hybridized carbons (Fsp3) is 0.160. The van der Waals surface area contributed by atoms with Crippen LogP contribution < -0.4 is 24.1 Å². The van der Waals surface area contributed by atoms with E-state index in [2.05, 4.69) is 4.98 Å². The van der Waals surface area contributed by atoms with Crippen molar-refractivity contribution >= 4 is 32.6 Å². The summed E-state index contributed by atoms with van der Waals surface area (Å²) in [4.78, 5) is 29.2. The van der Waals surface area contributed by atoms with E-state index in [1.165, 1.54) is 38.5 Å². The number of hydrogen-bond acceptors (Lipinski definition) is 9. The van der Waals surface area contributed by atoms with Gasteiger partial charge in [-0.1, -0.05) is 30.3 Å². The molecule has 10 nitrogen and oxygen atoms in total. The van der Waals surface area contributed by atoms with Gasteiger partial charge in [0.25, 0.3) is 5.91 Å². The lowest BCUT2D eigenvalue weighted by molar-refractivity contribution is -0.119. The van der Waals surface area contributed by atoms with Gasteiger partial charge in [0, 0.05) is 23.6 Å². The van der Waals surface area contributed by atoms with Gasteiger partial charge in [0.15, 0.2) is 6.61 Å². The van der Waals surface area contributed by atoms with Crippen molar-refractivity contribution in [3.8, 4) is 28.6 Å². The molecule has 0 atom stereocenters. The molecular formula is C25H22N2O8S. The highest BCUT2D eigenvalue weighted by atomic mass is 32.2. The molecule has 186 valence electrons. The average Bonchev–Trinajstić information content (AvgIpc) is 2.86. The number of nitrogens with zero attached hydrogens (tertiary/aromatic N) is 2. The first-order chi connectivity index (χ1) is 17.2. The first-order valence-corrected chi connectivity index (χ1v) is 12.4. The molecule has 2 aromatic heterocycles. The Morgan fingerprint density at radius 3 is 2.42 bits per heavy atom. The van der Waals surface area contributed by atoms with Gasteiger partial charge in [-0.15, -0.1) is 0 Å². The van der Waals surface area contributed by atoms with Gasteiger partial charge in [0.05, 0.1) is 20.5 Å². The van der Waals surface area contributed by atoms with E-state index < -0.39 is 28.2 Å². The Balaban J connectivity index is 1.63. The van der Waals surface area contributed by atoms with Gasteiger partial charge in [-0.3, -0.25) is 4.79 Å². The highest BCUT2D eigenvalue weighted by molar-refractivity contribution is 7.92. The molecule has 0 aliphatic rings. The number of pyridine rings is 1. The maximum Gasteiger partial charge on any atom is 0.336 e. The van der Waals surface area contributed by atoms with Crippen LogP contribution in [0.2, 0.25) is 0 Å². The second-order valence-corrected chi connectivity index (χ2v) is 9.43. The van der Waals surface area contributed by atoms with Gasteiger partial charge in [0.2, 0.25) is 21.8 Å². The molecule has 0 aliphatic heterocycles. The predicted molar refractivity (Wildman–Crippen MR) is 133 cm³/mol. The smallest absolute Gasteiger partial charge is 0.336 e. The summed E-state index contributed by atoms with van der Waals surface area (Å²) in [5.74, 6) is -0.617. The van der Waals surface area contributed by atoms with E-state index in [1.807, 2.05) is 30.3 Å². The van der Waals surface area contributed by atoms with Crippen LogP contribution in [-0.4, -0.2) is 46.4 Å². The third-order valence-electron chi connectivity index (χ3n) is 5.16. The van der Waals surface area contributed by atoms with Crippen molar-refractivity contribution < 1.29 is 31.8 Å². The molecule has 0 fully saturated rings. The molecule has 4 rings (SSSR count). The van der Waals surface area contributed by atoms with Crippen LogP contribution >= 0.6 is 0 Å². The van der Waals surface area contributed by atoms with Crippen LogP contribution in [0.1, 0.15) is 0 Å². The number of fused-ring (bicyclic) bond motifs is 1. The number of hydrogen-bond donors (Lipinski definition) is 0. The summed E-state index contributed by atoms with van der Waals surface area (Å²) >= 11 is 0. The summed E-state index contributed by atoms with van der Waals surface area (Å²) in [5.41, 5.74) is 1.15. The zero-order valence-corrected chi connectivity index (χ0v) is 20.4. The molecule has 0 bridgehead atoms. The summed E-state index contributed by atoms with van der Waals surface area (Å²) in [5, 5.41) is 0.672. The Morgan fingerprint density at radius 1 is 1.00 bits per heavy atom. The van der Waals surface area contributed by atoms with Crippen LogP contribution in [0.5, 0.6) is 17.5 Å². The number of benzene rings is 2. The van der Waals surface area contributed by atoms with E-state index in [9.17, 15) is 18.0 Å². The zero-order chi connectivity index (χ0) is 25.9. The molecule has 2 aromatic carbocycles. The van der Waals surface area contributed by atoms with Gasteiger partial charge in [-0.25, -0.2) is 13.2 Å². The molecule has 0 N–H and O–H groups in total. The lowest BCUT2D eigenvalue weighted by atomic mass is 10.0. The van der Waals surface area contributed by atoms with Crippen LogP contribution in [0, 0.1) is 0 Å². The first-order valence-electron chi connectivity index (χ1n) is 10.6. The molecule has 2 heterocycles. The van der Waals surface area contributed by atoms with E-state index in [1.54, 1.807) is 12.1 Å². The fourth-order valence-electron chi connectivity index (χ4n) is 3.63. The van der Waals surface area contributed by atoms with Gasteiger partial charge >= 0.3 is 5.63 Å². The van der Waals surface area contributed by atoms with Crippen molar-refractivity contribution in [2.75, 3.05) is 31.4 Å². The van der Waals surface area contributed by atoms with Gasteiger partial charge < -0.3 is 18.6 Å². The predicted octanol–water partition coefficient (Wildman–Crippen LogP) is 3.24. The van der Waals surface area contributed by atoms with Gasteiger partial charge in [-0.2, -0.15) is 9.29 Å². The highest BCUT2D eigenvalue weighted by Crippen LogP contribution is 2.32. The number of carbonyl (C=O) groups excluding carboxylic acids is 1. The summed E-state index contributed by atoms with van der Waals surface area (Å²) < 4.78 is 46.6. The highest BCUT2D eigenvalue weighted by Gasteiger charge is 2.29. The Labute approximate surface area is 206 Å². The normalized spacial score (nSPS) is 11.2. The van der Waals surface area contributed by atoms with Crippen LogP contribution in [0.15, 0.2) is 75.9 Å². The van der Waals surface area contributed by atoms with E-state index in [4.69, 9.17) is 18.6 Å².